The molecule has 0 saturated carbocycles. The van der Waals surface area contributed by atoms with E-state index in [9.17, 15) is 18.0 Å². The summed E-state index contributed by atoms with van der Waals surface area (Å²) in [6, 6.07) is 8.60. The van der Waals surface area contributed by atoms with E-state index in [0.29, 0.717) is 40.8 Å². The Bertz CT molecular complexity index is 1280. The molecule has 2 N–H and O–H groups in total. The Morgan fingerprint density at radius 1 is 1.24 bits per heavy atom. The van der Waals surface area contributed by atoms with Crippen molar-refractivity contribution in [2.45, 2.75) is 57.2 Å². The number of benzene rings is 1. The SMILES string of the molecule is CC[C@@]1(c2cccc(-c3ccncc3F)c2)C2=C(CC(C)(C)NC2=O)NC2N=NC(C(F)F)=C21. The monoisotopic (exact) mass is 467 g/mol. The summed E-state index contributed by atoms with van der Waals surface area (Å²) in [5.74, 6) is -0.823. The van der Waals surface area contributed by atoms with Gasteiger partial charge in [-0.2, -0.15) is 10.2 Å². The number of amides is 1. The van der Waals surface area contributed by atoms with Crippen LogP contribution in [0.5, 0.6) is 0 Å². The van der Waals surface area contributed by atoms with Gasteiger partial charge >= 0.3 is 0 Å². The number of alkyl halides is 2. The van der Waals surface area contributed by atoms with Crippen molar-refractivity contribution in [3.8, 4) is 11.1 Å². The molecular weight excluding hydrogens is 443 g/mol. The third kappa shape index (κ3) is 3.25. The number of nitrogens with zero attached hydrogens (tertiary/aromatic N) is 3. The van der Waals surface area contributed by atoms with Crippen molar-refractivity contribution in [2.75, 3.05) is 0 Å². The third-order valence-electron chi connectivity index (χ3n) is 6.80. The Morgan fingerprint density at radius 3 is 2.74 bits per heavy atom. The average Bonchev–Trinajstić information content (AvgIpc) is 3.22. The highest BCUT2D eigenvalue weighted by Gasteiger charge is 2.55. The average molecular weight is 467 g/mol. The predicted octanol–water partition coefficient (Wildman–Crippen LogP) is 5.00. The predicted molar refractivity (Wildman–Crippen MR) is 120 cm³/mol. The summed E-state index contributed by atoms with van der Waals surface area (Å²) < 4.78 is 42.8. The van der Waals surface area contributed by atoms with Crippen molar-refractivity contribution in [3.05, 3.63) is 76.6 Å². The maximum atomic E-state index is 14.5. The molecule has 3 aliphatic heterocycles. The van der Waals surface area contributed by atoms with Crippen LogP contribution >= 0.6 is 0 Å². The number of aromatic nitrogens is 1. The number of azo groups is 1. The van der Waals surface area contributed by atoms with Crippen LogP contribution in [0.3, 0.4) is 0 Å². The van der Waals surface area contributed by atoms with Crippen molar-refractivity contribution in [1.29, 1.82) is 0 Å². The van der Waals surface area contributed by atoms with Crippen LogP contribution in [0.15, 0.2) is 75.5 Å². The van der Waals surface area contributed by atoms with Crippen LogP contribution in [-0.2, 0) is 10.2 Å². The zero-order chi connectivity index (χ0) is 24.3. The summed E-state index contributed by atoms with van der Waals surface area (Å²) in [5.41, 5.74) is 0.671. The summed E-state index contributed by atoms with van der Waals surface area (Å²) in [5, 5.41) is 14.2. The van der Waals surface area contributed by atoms with Crippen LogP contribution in [0.4, 0.5) is 13.2 Å². The number of rotatable bonds is 4. The Hall–Kier alpha value is -3.49. The van der Waals surface area contributed by atoms with Crippen molar-refractivity contribution >= 4 is 5.91 Å². The second-order valence-corrected chi connectivity index (χ2v) is 9.43. The molecule has 9 heteroatoms. The van der Waals surface area contributed by atoms with Gasteiger partial charge in [0.1, 0.15) is 11.5 Å². The maximum Gasteiger partial charge on any atom is 0.282 e. The number of halogens is 3. The number of nitrogens with one attached hydrogen (secondary N) is 2. The number of carbonyl (C=O) groups excluding carboxylic acids is 1. The van der Waals surface area contributed by atoms with E-state index in [0.717, 1.165) is 6.20 Å². The first-order chi connectivity index (χ1) is 16.2. The molecule has 176 valence electrons. The molecule has 0 aliphatic carbocycles. The highest BCUT2D eigenvalue weighted by molar-refractivity contribution is 6.00. The fourth-order valence-electron chi connectivity index (χ4n) is 5.47. The van der Waals surface area contributed by atoms with Gasteiger partial charge in [-0.05, 0) is 43.5 Å². The molecule has 1 aromatic heterocycles. The number of hydrogen-bond acceptors (Lipinski definition) is 5. The quantitative estimate of drug-likeness (QED) is 0.664. The zero-order valence-electron chi connectivity index (χ0n) is 19.0. The minimum atomic E-state index is -2.86. The largest absolute Gasteiger partial charge is 0.362 e. The van der Waals surface area contributed by atoms with E-state index < -0.39 is 35.1 Å². The topological polar surface area (TPSA) is 78.7 Å². The van der Waals surface area contributed by atoms with E-state index in [1.807, 2.05) is 20.8 Å². The van der Waals surface area contributed by atoms with Gasteiger partial charge in [0, 0.05) is 35.0 Å². The van der Waals surface area contributed by atoms with Gasteiger partial charge in [0.05, 0.1) is 17.2 Å². The Labute approximate surface area is 195 Å². The van der Waals surface area contributed by atoms with Gasteiger partial charge in [0.15, 0.2) is 6.17 Å². The molecule has 6 nitrogen and oxygen atoms in total. The highest BCUT2D eigenvalue weighted by atomic mass is 19.3. The van der Waals surface area contributed by atoms with E-state index in [2.05, 4.69) is 25.8 Å². The molecule has 5 rings (SSSR count). The van der Waals surface area contributed by atoms with Gasteiger partial charge in [-0.1, -0.05) is 25.1 Å². The summed E-state index contributed by atoms with van der Waals surface area (Å²) in [7, 11) is 0. The van der Waals surface area contributed by atoms with Crippen molar-refractivity contribution in [1.82, 2.24) is 15.6 Å². The lowest BCUT2D eigenvalue weighted by Crippen LogP contribution is -2.58. The number of pyridine rings is 1. The molecule has 1 unspecified atom stereocenters. The molecule has 0 bridgehead atoms. The van der Waals surface area contributed by atoms with Crippen LogP contribution in [0.1, 0.15) is 39.2 Å². The normalized spacial score (nSPS) is 25.3. The van der Waals surface area contributed by atoms with Crippen molar-refractivity contribution in [2.24, 2.45) is 10.2 Å². The van der Waals surface area contributed by atoms with E-state index >= 15 is 0 Å². The van der Waals surface area contributed by atoms with Crippen LogP contribution in [0.2, 0.25) is 0 Å². The molecule has 0 saturated heterocycles. The van der Waals surface area contributed by atoms with Crippen molar-refractivity contribution in [3.63, 3.8) is 0 Å². The van der Waals surface area contributed by atoms with Gasteiger partial charge < -0.3 is 10.6 Å². The number of carbonyl (C=O) groups is 1. The smallest absolute Gasteiger partial charge is 0.282 e. The summed E-state index contributed by atoms with van der Waals surface area (Å²) in [4.78, 5) is 17.3. The van der Waals surface area contributed by atoms with Gasteiger partial charge in [-0.3, -0.25) is 9.78 Å². The Balaban J connectivity index is 1.81. The minimum Gasteiger partial charge on any atom is -0.362 e. The minimum absolute atomic E-state index is 0.269. The number of allylic oxidation sites excluding steroid dienone is 1. The number of hydrogen-bond donors (Lipinski definition) is 2. The highest BCUT2D eigenvalue weighted by Crippen LogP contribution is 2.53. The van der Waals surface area contributed by atoms with Gasteiger partial charge in [0.25, 0.3) is 12.3 Å². The summed E-state index contributed by atoms with van der Waals surface area (Å²) in [6.45, 7) is 5.67. The van der Waals surface area contributed by atoms with Crippen LogP contribution in [0.25, 0.3) is 11.1 Å². The first-order valence-corrected chi connectivity index (χ1v) is 11.1. The molecule has 4 heterocycles. The van der Waals surface area contributed by atoms with Crippen LogP contribution in [-0.4, -0.2) is 29.0 Å². The first kappa shape index (κ1) is 22.3. The van der Waals surface area contributed by atoms with Gasteiger partial charge in [-0.25, -0.2) is 13.2 Å². The second-order valence-electron chi connectivity index (χ2n) is 9.43. The van der Waals surface area contributed by atoms with E-state index in [1.165, 1.54) is 6.20 Å². The molecule has 34 heavy (non-hydrogen) atoms. The lowest BCUT2D eigenvalue weighted by molar-refractivity contribution is -0.120. The molecule has 3 aliphatic rings. The molecule has 2 atom stereocenters. The van der Waals surface area contributed by atoms with Crippen LogP contribution in [0, 0.1) is 5.82 Å². The van der Waals surface area contributed by atoms with Crippen molar-refractivity contribution < 1.29 is 18.0 Å². The number of fused-ring (bicyclic) bond motifs is 1. The van der Waals surface area contributed by atoms with E-state index in [4.69, 9.17) is 0 Å². The second kappa shape index (κ2) is 7.78. The lowest BCUT2D eigenvalue weighted by Gasteiger charge is -2.48. The summed E-state index contributed by atoms with van der Waals surface area (Å²) in [6.07, 6.45) is -0.242. The summed E-state index contributed by atoms with van der Waals surface area (Å²) >= 11 is 0. The first-order valence-electron chi connectivity index (χ1n) is 11.1. The molecular formula is C25H24F3N5O. The Kier molecular flexibility index (Phi) is 5.11. The van der Waals surface area contributed by atoms with E-state index in [-0.39, 0.29) is 11.5 Å². The van der Waals surface area contributed by atoms with Gasteiger partial charge in [-0.15, -0.1) is 0 Å². The molecule has 0 fully saturated rings. The fourth-order valence-corrected chi connectivity index (χ4v) is 5.47. The standard InChI is InChI=1S/C25H24F3N5O/c1-4-25(14-7-5-6-13(10-14)15-8-9-29-12-16(15)26)18-17(11-24(2,3)31-23(18)34)30-22-19(25)20(21(27)28)32-33-22/h5-10,12,21-22,30H,4,11H2,1-3H3,(H,31,34)/t22?,25-/m1/s1. The van der Waals surface area contributed by atoms with Crippen LogP contribution < -0.4 is 10.6 Å². The molecule has 0 spiro atoms. The lowest BCUT2D eigenvalue weighted by atomic mass is 9.61. The Morgan fingerprint density at radius 2 is 2.03 bits per heavy atom. The van der Waals surface area contributed by atoms with E-state index in [1.54, 1.807) is 30.3 Å². The molecule has 2 aromatic rings. The molecule has 1 aromatic carbocycles. The maximum absolute atomic E-state index is 14.5. The third-order valence-corrected chi connectivity index (χ3v) is 6.80. The fraction of sp³-hybridized carbons (Fsp3) is 0.360. The molecule has 1 amide bonds. The molecule has 0 radical (unpaired) electrons. The zero-order valence-corrected chi connectivity index (χ0v) is 19.0. The van der Waals surface area contributed by atoms with Gasteiger partial charge in [0.2, 0.25) is 0 Å².